The van der Waals surface area contributed by atoms with E-state index in [0.717, 1.165) is 46.4 Å². The van der Waals surface area contributed by atoms with Crippen molar-refractivity contribution in [1.82, 2.24) is 29.5 Å². The number of fused-ring (bicyclic) bond motifs is 3. The molecular weight excluding hydrogens is 360 g/mol. The van der Waals surface area contributed by atoms with E-state index in [0.29, 0.717) is 5.95 Å². The van der Waals surface area contributed by atoms with Crippen molar-refractivity contribution in [1.29, 1.82) is 0 Å². The fourth-order valence-electron chi connectivity index (χ4n) is 4.03. The standard InChI is InChI=1S/C23H22N6/c1-4-28-20-13-9-8-12-18(20)21-22(28)24-23(26-25-21)29-16(3)19(15(2)27-29)14-17-10-6-5-7-11-17/h5-13H,4,14H2,1-3H3. The maximum atomic E-state index is 4.87. The Bertz CT molecular complexity index is 1330. The van der Waals surface area contributed by atoms with Crippen LogP contribution in [0, 0.1) is 13.8 Å². The lowest BCUT2D eigenvalue weighted by atomic mass is 10.0. The Balaban J connectivity index is 1.64. The maximum Gasteiger partial charge on any atom is 0.272 e. The quantitative estimate of drug-likeness (QED) is 0.462. The van der Waals surface area contributed by atoms with Gasteiger partial charge in [-0.05, 0) is 32.4 Å². The normalized spacial score (nSPS) is 11.6. The molecule has 2 aromatic carbocycles. The second-order valence-electron chi connectivity index (χ2n) is 7.27. The minimum absolute atomic E-state index is 0.509. The average molecular weight is 382 g/mol. The molecule has 0 amide bonds. The SMILES string of the molecule is CCn1c2ccccc2c2nnc(-n3nc(C)c(Cc4ccccc4)c3C)nc21. The van der Waals surface area contributed by atoms with Crippen molar-refractivity contribution in [2.75, 3.05) is 0 Å². The minimum atomic E-state index is 0.509. The number of aryl methyl sites for hydroxylation is 2. The van der Waals surface area contributed by atoms with Crippen molar-refractivity contribution in [3.05, 3.63) is 77.1 Å². The summed E-state index contributed by atoms with van der Waals surface area (Å²) in [4.78, 5) is 4.87. The van der Waals surface area contributed by atoms with E-state index >= 15 is 0 Å². The highest BCUT2D eigenvalue weighted by molar-refractivity contribution is 6.04. The van der Waals surface area contributed by atoms with E-state index in [-0.39, 0.29) is 0 Å². The molecule has 0 spiro atoms. The van der Waals surface area contributed by atoms with Gasteiger partial charge in [0.25, 0.3) is 5.95 Å². The highest BCUT2D eigenvalue weighted by Gasteiger charge is 2.18. The van der Waals surface area contributed by atoms with E-state index in [9.17, 15) is 0 Å². The lowest BCUT2D eigenvalue weighted by Gasteiger charge is -2.05. The van der Waals surface area contributed by atoms with Crippen LogP contribution in [0.5, 0.6) is 0 Å². The monoisotopic (exact) mass is 382 g/mol. The molecule has 0 aliphatic carbocycles. The van der Waals surface area contributed by atoms with Gasteiger partial charge >= 0.3 is 0 Å². The first-order valence-electron chi connectivity index (χ1n) is 9.88. The Hall–Kier alpha value is -3.54. The highest BCUT2D eigenvalue weighted by Crippen LogP contribution is 2.26. The topological polar surface area (TPSA) is 61.4 Å². The van der Waals surface area contributed by atoms with Crippen LogP contribution in [0.1, 0.15) is 29.4 Å². The molecule has 3 aromatic heterocycles. The number of rotatable bonds is 4. The van der Waals surface area contributed by atoms with E-state index in [2.05, 4.69) is 65.0 Å². The summed E-state index contributed by atoms with van der Waals surface area (Å²) in [5.41, 5.74) is 7.31. The molecule has 0 N–H and O–H groups in total. The molecule has 6 heteroatoms. The van der Waals surface area contributed by atoms with E-state index in [4.69, 9.17) is 10.1 Å². The van der Waals surface area contributed by atoms with Gasteiger partial charge in [-0.3, -0.25) is 0 Å². The van der Waals surface area contributed by atoms with Gasteiger partial charge in [0.15, 0.2) is 5.65 Å². The van der Waals surface area contributed by atoms with Gasteiger partial charge in [-0.1, -0.05) is 48.5 Å². The smallest absolute Gasteiger partial charge is 0.272 e. The fourth-order valence-corrected chi connectivity index (χ4v) is 4.03. The van der Waals surface area contributed by atoms with Gasteiger partial charge in [0.1, 0.15) is 5.52 Å². The zero-order valence-corrected chi connectivity index (χ0v) is 16.8. The van der Waals surface area contributed by atoms with Crippen LogP contribution in [0.2, 0.25) is 0 Å². The summed E-state index contributed by atoms with van der Waals surface area (Å²) in [5.74, 6) is 0.509. The molecule has 0 saturated heterocycles. The summed E-state index contributed by atoms with van der Waals surface area (Å²) in [6.07, 6.45) is 0.837. The first kappa shape index (κ1) is 17.6. The largest absolute Gasteiger partial charge is 0.324 e. The fraction of sp³-hybridized carbons (Fsp3) is 0.217. The average Bonchev–Trinajstić information content (AvgIpc) is 3.23. The summed E-state index contributed by atoms with van der Waals surface area (Å²) in [6, 6.07) is 18.7. The van der Waals surface area contributed by atoms with Crippen LogP contribution in [-0.2, 0) is 13.0 Å². The van der Waals surface area contributed by atoms with E-state index in [1.807, 2.05) is 29.8 Å². The van der Waals surface area contributed by atoms with Crippen molar-refractivity contribution in [2.45, 2.75) is 33.7 Å². The van der Waals surface area contributed by atoms with Crippen LogP contribution in [0.4, 0.5) is 0 Å². The van der Waals surface area contributed by atoms with Crippen LogP contribution < -0.4 is 0 Å². The number of hydrogen-bond donors (Lipinski definition) is 0. The number of aromatic nitrogens is 6. The van der Waals surface area contributed by atoms with Crippen molar-refractivity contribution in [2.24, 2.45) is 0 Å². The summed E-state index contributed by atoms with van der Waals surface area (Å²) in [5, 5.41) is 14.8. The molecule has 0 aliphatic heterocycles. The number of nitrogens with zero attached hydrogens (tertiary/aromatic N) is 6. The van der Waals surface area contributed by atoms with Gasteiger partial charge in [0, 0.05) is 29.6 Å². The number of para-hydroxylation sites is 1. The molecule has 3 heterocycles. The lowest BCUT2D eigenvalue weighted by Crippen LogP contribution is -2.08. The molecule has 0 unspecified atom stereocenters. The highest BCUT2D eigenvalue weighted by atomic mass is 15.4. The molecule has 0 saturated carbocycles. The number of hydrogen-bond acceptors (Lipinski definition) is 4. The zero-order chi connectivity index (χ0) is 20.0. The molecule has 0 radical (unpaired) electrons. The first-order valence-corrected chi connectivity index (χ1v) is 9.88. The molecule has 5 aromatic rings. The van der Waals surface area contributed by atoms with Gasteiger partial charge in [-0.15, -0.1) is 10.2 Å². The molecule has 5 rings (SSSR count). The van der Waals surface area contributed by atoms with Crippen molar-refractivity contribution in [3.63, 3.8) is 0 Å². The van der Waals surface area contributed by atoms with E-state index in [1.54, 1.807) is 0 Å². The zero-order valence-electron chi connectivity index (χ0n) is 16.8. The van der Waals surface area contributed by atoms with Gasteiger partial charge < -0.3 is 4.57 Å². The van der Waals surface area contributed by atoms with Crippen LogP contribution in [0.25, 0.3) is 28.0 Å². The summed E-state index contributed by atoms with van der Waals surface area (Å²) < 4.78 is 4.00. The van der Waals surface area contributed by atoms with Crippen molar-refractivity contribution in [3.8, 4) is 5.95 Å². The van der Waals surface area contributed by atoms with Gasteiger partial charge in [-0.2, -0.15) is 10.1 Å². The predicted molar refractivity (Wildman–Crippen MR) is 114 cm³/mol. The predicted octanol–water partition coefficient (Wildman–Crippen LogP) is 4.39. The van der Waals surface area contributed by atoms with Gasteiger partial charge in [-0.25, -0.2) is 4.68 Å². The third-order valence-electron chi connectivity index (χ3n) is 5.53. The lowest BCUT2D eigenvalue weighted by molar-refractivity contribution is 0.743. The van der Waals surface area contributed by atoms with Crippen molar-refractivity contribution < 1.29 is 0 Å². The molecule has 0 fully saturated rings. The second kappa shape index (κ2) is 6.81. The molecule has 0 atom stereocenters. The van der Waals surface area contributed by atoms with Crippen LogP contribution in [0.15, 0.2) is 54.6 Å². The summed E-state index contributed by atoms with van der Waals surface area (Å²) in [6.45, 7) is 7.05. The molecule has 6 nitrogen and oxygen atoms in total. The van der Waals surface area contributed by atoms with E-state index < -0.39 is 0 Å². The molecule has 0 bridgehead atoms. The Morgan fingerprint density at radius 3 is 2.45 bits per heavy atom. The van der Waals surface area contributed by atoms with Crippen LogP contribution >= 0.6 is 0 Å². The van der Waals surface area contributed by atoms with Gasteiger partial charge in [0.05, 0.1) is 11.2 Å². The van der Waals surface area contributed by atoms with E-state index in [1.165, 1.54) is 11.1 Å². The van der Waals surface area contributed by atoms with Crippen LogP contribution in [-0.4, -0.2) is 29.5 Å². The number of benzene rings is 2. The summed E-state index contributed by atoms with van der Waals surface area (Å²) >= 11 is 0. The Labute approximate surface area is 168 Å². The minimum Gasteiger partial charge on any atom is -0.324 e. The Kier molecular flexibility index (Phi) is 4.12. The maximum absolute atomic E-state index is 4.87. The summed E-state index contributed by atoms with van der Waals surface area (Å²) in [7, 11) is 0. The third-order valence-corrected chi connectivity index (χ3v) is 5.53. The molecule has 0 aliphatic rings. The first-order chi connectivity index (χ1) is 14.2. The Morgan fingerprint density at radius 1 is 0.897 bits per heavy atom. The molecule has 29 heavy (non-hydrogen) atoms. The molecule has 144 valence electrons. The second-order valence-corrected chi connectivity index (χ2v) is 7.27. The third kappa shape index (κ3) is 2.79. The Morgan fingerprint density at radius 2 is 1.66 bits per heavy atom. The van der Waals surface area contributed by atoms with Crippen molar-refractivity contribution >= 4 is 22.1 Å². The molecular formula is C23H22N6. The van der Waals surface area contributed by atoms with Crippen LogP contribution in [0.3, 0.4) is 0 Å². The van der Waals surface area contributed by atoms with Gasteiger partial charge in [0.2, 0.25) is 0 Å².